The van der Waals surface area contributed by atoms with Crippen LogP contribution in [0.1, 0.15) is 23.6 Å². The first-order valence-corrected chi connectivity index (χ1v) is 9.41. The standard InChI is InChI=1S/C21H15BrClFN2/c22-15-7-11-17(12-8-15)26-21(18-3-1-2-4-19(18)24)13-20(25-26)14-5-9-16(23)10-6-14/h1-12,21H,13H2. The zero-order valence-corrected chi connectivity index (χ0v) is 16.1. The van der Waals surface area contributed by atoms with Gasteiger partial charge in [-0.15, -0.1) is 0 Å². The van der Waals surface area contributed by atoms with E-state index in [1.165, 1.54) is 6.07 Å². The first kappa shape index (κ1) is 17.3. The van der Waals surface area contributed by atoms with Crippen molar-refractivity contribution in [2.24, 2.45) is 5.10 Å². The van der Waals surface area contributed by atoms with E-state index in [1.54, 1.807) is 6.07 Å². The zero-order chi connectivity index (χ0) is 18.1. The number of anilines is 1. The van der Waals surface area contributed by atoms with Crippen molar-refractivity contribution in [2.45, 2.75) is 12.5 Å². The number of nitrogens with zero attached hydrogens (tertiary/aromatic N) is 2. The summed E-state index contributed by atoms with van der Waals surface area (Å²) < 4.78 is 15.5. The molecule has 4 rings (SSSR count). The largest absolute Gasteiger partial charge is 0.257 e. The molecule has 1 heterocycles. The van der Waals surface area contributed by atoms with Crippen molar-refractivity contribution in [3.63, 3.8) is 0 Å². The Hall–Kier alpha value is -2.17. The normalized spacial score (nSPS) is 16.7. The predicted octanol–water partition coefficient (Wildman–Crippen LogP) is 6.60. The number of rotatable bonds is 3. The first-order chi connectivity index (χ1) is 12.6. The summed E-state index contributed by atoms with van der Waals surface area (Å²) in [5.41, 5.74) is 3.47. The lowest BCUT2D eigenvalue weighted by Gasteiger charge is -2.24. The molecule has 0 saturated carbocycles. The fourth-order valence-corrected chi connectivity index (χ4v) is 3.54. The van der Waals surface area contributed by atoms with Crippen molar-refractivity contribution in [1.82, 2.24) is 0 Å². The molecular weight excluding hydrogens is 415 g/mol. The monoisotopic (exact) mass is 428 g/mol. The van der Waals surface area contributed by atoms with Crippen LogP contribution in [0.25, 0.3) is 0 Å². The Morgan fingerprint density at radius 2 is 1.65 bits per heavy atom. The van der Waals surface area contributed by atoms with Crippen molar-refractivity contribution in [3.05, 3.63) is 99.2 Å². The van der Waals surface area contributed by atoms with E-state index in [4.69, 9.17) is 16.7 Å². The SMILES string of the molecule is Fc1ccccc1C1CC(c2ccc(Cl)cc2)=NN1c1ccc(Br)cc1. The zero-order valence-electron chi connectivity index (χ0n) is 13.7. The molecule has 0 spiro atoms. The van der Waals surface area contributed by atoms with Crippen LogP contribution in [0.3, 0.4) is 0 Å². The topological polar surface area (TPSA) is 15.6 Å². The molecule has 2 nitrogen and oxygen atoms in total. The molecule has 0 N–H and O–H groups in total. The molecule has 26 heavy (non-hydrogen) atoms. The Morgan fingerprint density at radius 3 is 2.35 bits per heavy atom. The lowest BCUT2D eigenvalue weighted by Crippen LogP contribution is -2.19. The van der Waals surface area contributed by atoms with Gasteiger partial charge in [0.2, 0.25) is 0 Å². The summed E-state index contributed by atoms with van der Waals surface area (Å²) in [7, 11) is 0. The number of hydrogen-bond donors (Lipinski definition) is 0. The van der Waals surface area contributed by atoms with Crippen LogP contribution < -0.4 is 5.01 Å². The summed E-state index contributed by atoms with van der Waals surface area (Å²) in [5, 5.41) is 7.39. The van der Waals surface area contributed by atoms with Crippen LogP contribution in [0.4, 0.5) is 10.1 Å². The molecule has 0 bridgehead atoms. The molecule has 0 radical (unpaired) electrons. The lowest BCUT2D eigenvalue weighted by atomic mass is 9.98. The lowest BCUT2D eigenvalue weighted by molar-refractivity contribution is 0.579. The van der Waals surface area contributed by atoms with Crippen LogP contribution in [-0.2, 0) is 0 Å². The highest BCUT2D eigenvalue weighted by Crippen LogP contribution is 2.38. The number of halogens is 3. The number of benzene rings is 3. The molecule has 5 heteroatoms. The molecule has 1 unspecified atom stereocenters. The average molecular weight is 430 g/mol. The fraction of sp³-hybridized carbons (Fsp3) is 0.0952. The van der Waals surface area contributed by atoms with E-state index in [0.29, 0.717) is 17.0 Å². The number of hydrazone groups is 1. The third-order valence-electron chi connectivity index (χ3n) is 4.44. The van der Waals surface area contributed by atoms with Gasteiger partial charge < -0.3 is 0 Å². The summed E-state index contributed by atoms with van der Waals surface area (Å²) in [6.45, 7) is 0. The molecule has 130 valence electrons. The predicted molar refractivity (Wildman–Crippen MR) is 108 cm³/mol. The van der Waals surface area contributed by atoms with Gasteiger partial charge >= 0.3 is 0 Å². The third kappa shape index (κ3) is 3.39. The van der Waals surface area contributed by atoms with Gasteiger partial charge in [0, 0.05) is 21.5 Å². The Morgan fingerprint density at radius 1 is 0.962 bits per heavy atom. The summed E-state index contributed by atoms with van der Waals surface area (Å²) in [6, 6.07) is 22.2. The second-order valence-electron chi connectivity index (χ2n) is 6.12. The molecule has 3 aromatic carbocycles. The van der Waals surface area contributed by atoms with Crippen molar-refractivity contribution in [3.8, 4) is 0 Å². The molecule has 0 fully saturated rings. The van der Waals surface area contributed by atoms with Gasteiger partial charge in [-0.25, -0.2) is 4.39 Å². The van der Waals surface area contributed by atoms with E-state index in [0.717, 1.165) is 21.4 Å². The van der Waals surface area contributed by atoms with E-state index in [1.807, 2.05) is 65.7 Å². The molecule has 1 atom stereocenters. The maximum Gasteiger partial charge on any atom is 0.128 e. The quantitative estimate of drug-likeness (QED) is 0.458. The van der Waals surface area contributed by atoms with Crippen LogP contribution in [0.15, 0.2) is 82.4 Å². The van der Waals surface area contributed by atoms with E-state index in [9.17, 15) is 4.39 Å². The molecule has 0 aromatic heterocycles. The maximum absolute atomic E-state index is 14.5. The summed E-state index contributed by atoms with van der Waals surface area (Å²) in [5.74, 6) is -0.216. The van der Waals surface area contributed by atoms with Crippen LogP contribution in [0.2, 0.25) is 5.02 Å². The molecule has 0 aliphatic carbocycles. The van der Waals surface area contributed by atoms with Crippen molar-refractivity contribution >= 4 is 38.9 Å². The van der Waals surface area contributed by atoms with Gasteiger partial charge in [-0.2, -0.15) is 5.10 Å². The minimum atomic E-state index is -0.216. The second kappa shape index (κ2) is 7.22. The average Bonchev–Trinajstić information content (AvgIpc) is 3.08. The Bertz CT molecular complexity index is 955. The smallest absolute Gasteiger partial charge is 0.128 e. The molecule has 0 saturated heterocycles. The summed E-state index contributed by atoms with van der Waals surface area (Å²) in [4.78, 5) is 0. The van der Waals surface area contributed by atoms with Crippen LogP contribution in [0, 0.1) is 5.82 Å². The minimum Gasteiger partial charge on any atom is -0.257 e. The van der Waals surface area contributed by atoms with E-state index >= 15 is 0 Å². The summed E-state index contributed by atoms with van der Waals surface area (Å²) >= 11 is 9.45. The van der Waals surface area contributed by atoms with Crippen LogP contribution in [-0.4, -0.2) is 5.71 Å². The Balaban J connectivity index is 1.77. The molecular formula is C21H15BrClFN2. The van der Waals surface area contributed by atoms with Gasteiger partial charge in [-0.05, 0) is 48.0 Å². The van der Waals surface area contributed by atoms with Crippen molar-refractivity contribution in [2.75, 3.05) is 5.01 Å². The van der Waals surface area contributed by atoms with E-state index < -0.39 is 0 Å². The number of hydrogen-bond acceptors (Lipinski definition) is 2. The minimum absolute atomic E-state index is 0.192. The molecule has 0 amide bonds. The van der Waals surface area contributed by atoms with Crippen LogP contribution >= 0.6 is 27.5 Å². The Kier molecular flexibility index (Phi) is 4.79. The molecule has 1 aliphatic heterocycles. The molecule has 1 aliphatic rings. The maximum atomic E-state index is 14.5. The highest BCUT2D eigenvalue weighted by molar-refractivity contribution is 9.10. The van der Waals surface area contributed by atoms with Crippen molar-refractivity contribution < 1.29 is 4.39 Å². The van der Waals surface area contributed by atoms with E-state index in [-0.39, 0.29) is 11.9 Å². The fourth-order valence-electron chi connectivity index (χ4n) is 3.15. The van der Waals surface area contributed by atoms with Gasteiger partial charge in [0.25, 0.3) is 0 Å². The van der Waals surface area contributed by atoms with Crippen molar-refractivity contribution in [1.29, 1.82) is 0 Å². The van der Waals surface area contributed by atoms with Crippen LogP contribution in [0.5, 0.6) is 0 Å². The van der Waals surface area contributed by atoms with Gasteiger partial charge in [-0.3, -0.25) is 5.01 Å². The van der Waals surface area contributed by atoms with Gasteiger partial charge in [0.05, 0.1) is 17.4 Å². The van der Waals surface area contributed by atoms with Gasteiger partial charge in [-0.1, -0.05) is 57.9 Å². The van der Waals surface area contributed by atoms with Gasteiger partial charge in [0.15, 0.2) is 0 Å². The highest BCUT2D eigenvalue weighted by atomic mass is 79.9. The highest BCUT2D eigenvalue weighted by Gasteiger charge is 2.31. The van der Waals surface area contributed by atoms with Gasteiger partial charge in [0.1, 0.15) is 5.82 Å². The second-order valence-corrected chi connectivity index (χ2v) is 7.47. The first-order valence-electron chi connectivity index (χ1n) is 8.24. The van der Waals surface area contributed by atoms with E-state index in [2.05, 4.69) is 15.9 Å². The summed E-state index contributed by atoms with van der Waals surface area (Å²) in [6.07, 6.45) is 0.624. The molecule has 3 aromatic rings. The third-order valence-corrected chi connectivity index (χ3v) is 5.22. The Labute approximate surface area is 165 Å².